The van der Waals surface area contributed by atoms with E-state index in [-0.39, 0.29) is 5.91 Å². The van der Waals surface area contributed by atoms with E-state index in [2.05, 4.69) is 24.4 Å². The molecule has 0 aromatic heterocycles. The predicted octanol–water partition coefficient (Wildman–Crippen LogP) is 5.44. The van der Waals surface area contributed by atoms with Crippen LogP contribution in [-0.2, 0) is 0 Å². The van der Waals surface area contributed by atoms with E-state index in [1.807, 2.05) is 42.5 Å². The summed E-state index contributed by atoms with van der Waals surface area (Å²) in [5.74, 6) is 0.0261. The molecule has 0 spiro atoms. The van der Waals surface area contributed by atoms with Crippen molar-refractivity contribution in [1.29, 1.82) is 0 Å². The summed E-state index contributed by atoms with van der Waals surface area (Å²) < 4.78 is 0. The molecule has 0 aliphatic carbocycles. The molecule has 1 amide bonds. The second-order valence-electron chi connectivity index (χ2n) is 5.97. The summed E-state index contributed by atoms with van der Waals surface area (Å²) in [5, 5.41) is 3.01. The molecule has 23 heavy (non-hydrogen) atoms. The number of unbranched alkanes of at least 4 members (excludes halogenated alkanes) is 5. The lowest BCUT2D eigenvalue weighted by Gasteiger charge is -2.07. The van der Waals surface area contributed by atoms with Crippen molar-refractivity contribution in [2.24, 2.45) is 0 Å². The molecule has 0 saturated heterocycles. The van der Waals surface area contributed by atoms with E-state index in [4.69, 9.17) is 0 Å². The van der Waals surface area contributed by atoms with Crippen molar-refractivity contribution in [3.63, 3.8) is 0 Å². The molecule has 0 atom stereocenters. The van der Waals surface area contributed by atoms with Gasteiger partial charge in [-0.2, -0.15) is 0 Å². The minimum absolute atomic E-state index is 0.0261. The quantitative estimate of drug-likeness (QED) is 0.614. The lowest BCUT2D eigenvalue weighted by Crippen LogP contribution is -2.24. The minimum atomic E-state index is 0.0261. The molecule has 2 aromatic rings. The fourth-order valence-electron chi connectivity index (χ4n) is 2.65. The Morgan fingerprint density at radius 1 is 0.783 bits per heavy atom. The molecule has 0 unspecified atom stereocenters. The lowest BCUT2D eigenvalue weighted by atomic mass is 10.0. The molecule has 2 aromatic carbocycles. The Labute approximate surface area is 139 Å². The molecule has 0 radical (unpaired) electrons. The third kappa shape index (κ3) is 5.90. The summed E-state index contributed by atoms with van der Waals surface area (Å²) in [4.78, 5) is 12.1. The number of hydrogen-bond acceptors (Lipinski definition) is 1. The van der Waals surface area contributed by atoms with Gasteiger partial charge in [-0.25, -0.2) is 0 Å². The normalized spacial score (nSPS) is 10.5. The molecule has 0 heterocycles. The van der Waals surface area contributed by atoms with Crippen molar-refractivity contribution >= 4 is 5.91 Å². The molecular formula is C21H27NO. The third-order valence-corrected chi connectivity index (χ3v) is 4.07. The van der Waals surface area contributed by atoms with Gasteiger partial charge in [0, 0.05) is 12.1 Å². The van der Waals surface area contributed by atoms with Crippen molar-refractivity contribution in [1.82, 2.24) is 5.32 Å². The summed E-state index contributed by atoms with van der Waals surface area (Å²) in [7, 11) is 0. The topological polar surface area (TPSA) is 29.1 Å². The summed E-state index contributed by atoms with van der Waals surface area (Å²) in [6.45, 7) is 2.99. The fraction of sp³-hybridized carbons (Fsp3) is 0.381. The van der Waals surface area contributed by atoms with E-state index in [1.165, 1.54) is 37.7 Å². The summed E-state index contributed by atoms with van der Waals surface area (Å²) in [6.07, 6.45) is 7.45. The van der Waals surface area contributed by atoms with Crippen LogP contribution in [0.25, 0.3) is 11.1 Å². The number of carbonyl (C=O) groups is 1. The summed E-state index contributed by atoms with van der Waals surface area (Å²) in [5.41, 5.74) is 3.04. The van der Waals surface area contributed by atoms with Crippen LogP contribution < -0.4 is 5.32 Å². The molecule has 0 saturated carbocycles. The highest BCUT2D eigenvalue weighted by Gasteiger charge is 2.05. The molecule has 2 nitrogen and oxygen atoms in total. The van der Waals surface area contributed by atoms with E-state index in [9.17, 15) is 4.79 Å². The highest BCUT2D eigenvalue weighted by molar-refractivity contribution is 5.94. The highest BCUT2D eigenvalue weighted by atomic mass is 16.1. The first-order valence-corrected chi connectivity index (χ1v) is 8.75. The molecule has 2 heteroatoms. The van der Waals surface area contributed by atoms with Gasteiger partial charge in [-0.3, -0.25) is 4.79 Å². The maximum atomic E-state index is 12.1. The first-order valence-electron chi connectivity index (χ1n) is 8.75. The van der Waals surface area contributed by atoms with Gasteiger partial charge in [0.15, 0.2) is 0 Å². The average molecular weight is 309 g/mol. The molecule has 0 aliphatic rings. The number of nitrogens with one attached hydrogen (secondary N) is 1. The zero-order valence-electron chi connectivity index (χ0n) is 14.1. The Hall–Kier alpha value is -2.09. The van der Waals surface area contributed by atoms with E-state index < -0.39 is 0 Å². The van der Waals surface area contributed by atoms with Crippen molar-refractivity contribution < 1.29 is 4.79 Å². The van der Waals surface area contributed by atoms with Crippen LogP contribution in [0.5, 0.6) is 0 Å². The Morgan fingerprint density at radius 3 is 2.09 bits per heavy atom. The molecular weight excluding hydrogens is 282 g/mol. The van der Waals surface area contributed by atoms with Crippen molar-refractivity contribution in [2.45, 2.75) is 45.4 Å². The monoisotopic (exact) mass is 309 g/mol. The van der Waals surface area contributed by atoms with Gasteiger partial charge in [0.05, 0.1) is 0 Å². The van der Waals surface area contributed by atoms with Gasteiger partial charge in [-0.05, 0) is 29.7 Å². The third-order valence-electron chi connectivity index (χ3n) is 4.07. The molecule has 122 valence electrons. The van der Waals surface area contributed by atoms with Gasteiger partial charge < -0.3 is 5.32 Å². The first kappa shape index (κ1) is 17.3. The minimum Gasteiger partial charge on any atom is -0.352 e. The zero-order valence-corrected chi connectivity index (χ0v) is 14.1. The Bertz CT molecular complexity index is 575. The van der Waals surface area contributed by atoms with Crippen LogP contribution >= 0.6 is 0 Å². The number of amides is 1. The van der Waals surface area contributed by atoms with E-state index >= 15 is 0 Å². The largest absolute Gasteiger partial charge is 0.352 e. The number of hydrogen-bond donors (Lipinski definition) is 1. The molecule has 0 aliphatic heterocycles. The van der Waals surface area contributed by atoms with Gasteiger partial charge >= 0.3 is 0 Å². The van der Waals surface area contributed by atoms with E-state index in [0.717, 1.165) is 24.1 Å². The van der Waals surface area contributed by atoms with Gasteiger partial charge in [-0.1, -0.05) is 81.5 Å². The van der Waals surface area contributed by atoms with Crippen LogP contribution in [0.1, 0.15) is 55.8 Å². The van der Waals surface area contributed by atoms with Crippen LogP contribution in [0, 0.1) is 0 Å². The molecule has 1 N–H and O–H groups in total. The highest BCUT2D eigenvalue weighted by Crippen LogP contribution is 2.19. The maximum absolute atomic E-state index is 12.1. The van der Waals surface area contributed by atoms with Crippen LogP contribution in [-0.4, -0.2) is 12.5 Å². The van der Waals surface area contributed by atoms with Gasteiger partial charge in [0.25, 0.3) is 5.91 Å². The predicted molar refractivity (Wildman–Crippen MR) is 97.6 cm³/mol. The first-order chi connectivity index (χ1) is 11.3. The zero-order chi connectivity index (χ0) is 16.3. The molecule has 0 fully saturated rings. The fourth-order valence-corrected chi connectivity index (χ4v) is 2.65. The molecule has 2 rings (SSSR count). The van der Waals surface area contributed by atoms with Crippen LogP contribution in [0.15, 0.2) is 54.6 Å². The Kier molecular flexibility index (Phi) is 7.38. The smallest absolute Gasteiger partial charge is 0.251 e. The summed E-state index contributed by atoms with van der Waals surface area (Å²) >= 11 is 0. The van der Waals surface area contributed by atoms with Crippen LogP contribution in [0.4, 0.5) is 0 Å². The number of benzene rings is 2. The van der Waals surface area contributed by atoms with Crippen LogP contribution in [0.2, 0.25) is 0 Å². The maximum Gasteiger partial charge on any atom is 0.251 e. The number of rotatable bonds is 9. The van der Waals surface area contributed by atoms with Crippen LogP contribution in [0.3, 0.4) is 0 Å². The standard InChI is InChI=1S/C21H27NO/c1-2-3-4-5-6-10-17-22-21(23)20-15-13-19(14-16-20)18-11-8-7-9-12-18/h7-9,11-16H,2-6,10,17H2,1H3,(H,22,23). The van der Waals surface area contributed by atoms with Crippen molar-refractivity contribution in [2.75, 3.05) is 6.54 Å². The van der Waals surface area contributed by atoms with Crippen molar-refractivity contribution in [3.05, 3.63) is 60.2 Å². The Balaban J connectivity index is 1.75. The Morgan fingerprint density at radius 2 is 1.39 bits per heavy atom. The SMILES string of the molecule is CCCCCCCCNC(=O)c1ccc(-c2ccccc2)cc1. The lowest BCUT2D eigenvalue weighted by molar-refractivity contribution is 0.0953. The molecule has 0 bridgehead atoms. The van der Waals surface area contributed by atoms with E-state index in [0.29, 0.717) is 0 Å². The second-order valence-corrected chi connectivity index (χ2v) is 5.97. The average Bonchev–Trinajstić information content (AvgIpc) is 2.61. The van der Waals surface area contributed by atoms with Crippen molar-refractivity contribution in [3.8, 4) is 11.1 Å². The van der Waals surface area contributed by atoms with E-state index in [1.54, 1.807) is 0 Å². The van der Waals surface area contributed by atoms with Gasteiger partial charge in [0.1, 0.15) is 0 Å². The van der Waals surface area contributed by atoms with Gasteiger partial charge in [-0.15, -0.1) is 0 Å². The second kappa shape index (κ2) is 9.83. The van der Waals surface area contributed by atoms with Gasteiger partial charge in [0.2, 0.25) is 0 Å². The number of carbonyl (C=O) groups excluding carboxylic acids is 1. The summed E-state index contributed by atoms with van der Waals surface area (Å²) in [6, 6.07) is 18.0.